The number of allylic oxidation sites excluding steroid dienone is 1. The Morgan fingerprint density at radius 2 is 2.24 bits per heavy atom. The van der Waals surface area contributed by atoms with Crippen molar-refractivity contribution in [2.75, 3.05) is 20.2 Å². The van der Waals surface area contributed by atoms with E-state index in [2.05, 4.69) is 0 Å². The minimum absolute atomic E-state index is 0.0790. The summed E-state index contributed by atoms with van der Waals surface area (Å²) in [6.07, 6.45) is 4.52. The molecule has 0 bridgehead atoms. The van der Waals surface area contributed by atoms with Gasteiger partial charge in [0.2, 0.25) is 5.91 Å². The maximum absolute atomic E-state index is 12.3. The number of carbonyl (C=O) groups excluding carboxylic acids is 1. The zero-order chi connectivity index (χ0) is 15.2. The van der Waals surface area contributed by atoms with E-state index in [0.717, 1.165) is 42.7 Å². The molecule has 1 aromatic rings. The molecule has 0 radical (unpaired) electrons. The summed E-state index contributed by atoms with van der Waals surface area (Å²) >= 11 is 0. The van der Waals surface area contributed by atoms with Gasteiger partial charge in [-0.25, -0.2) is 0 Å². The van der Waals surface area contributed by atoms with Crippen LogP contribution in [-0.4, -0.2) is 37.0 Å². The normalized spacial score (nSPS) is 18.9. The fourth-order valence-corrected chi connectivity index (χ4v) is 2.87. The highest BCUT2D eigenvalue weighted by atomic mass is 16.5. The molecule has 1 unspecified atom stereocenters. The van der Waals surface area contributed by atoms with Gasteiger partial charge in [0.1, 0.15) is 5.75 Å². The third-order valence-electron chi connectivity index (χ3n) is 3.96. The molecule has 4 heteroatoms. The molecule has 1 atom stereocenters. The van der Waals surface area contributed by atoms with Gasteiger partial charge in [0.05, 0.1) is 7.11 Å². The Balaban J connectivity index is 2.05. The molecule has 21 heavy (non-hydrogen) atoms. The second-order valence-corrected chi connectivity index (χ2v) is 5.54. The summed E-state index contributed by atoms with van der Waals surface area (Å²) in [5, 5.41) is 0. The van der Waals surface area contributed by atoms with Gasteiger partial charge < -0.3 is 15.4 Å². The lowest BCUT2D eigenvalue weighted by Gasteiger charge is -2.22. The van der Waals surface area contributed by atoms with Crippen molar-refractivity contribution < 1.29 is 9.53 Å². The van der Waals surface area contributed by atoms with E-state index in [1.165, 1.54) is 0 Å². The van der Waals surface area contributed by atoms with Gasteiger partial charge in [-0.1, -0.05) is 23.8 Å². The van der Waals surface area contributed by atoms with E-state index >= 15 is 0 Å². The first-order chi connectivity index (χ1) is 10.2. The van der Waals surface area contributed by atoms with E-state index in [1.807, 2.05) is 36.1 Å². The maximum Gasteiger partial charge on any atom is 0.246 e. The fraction of sp³-hybridized carbons (Fsp3) is 0.471. The molecule has 2 rings (SSSR count). The van der Waals surface area contributed by atoms with Crippen LogP contribution in [0, 0.1) is 0 Å². The quantitative estimate of drug-likeness (QED) is 0.845. The van der Waals surface area contributed by atoms with Crippen molar-refractivity contribution in [2.45, 2.75) is 32.2 Å². The van der Waals surface area contributed by atoms with E-state index in [4.69, 9.17) is 10.5 Å². The van der Waals surface area contributed by atoms with Crippen LogP contribution in [0.3, 0.4) is 0 Å². The van der Waals surface area contributed by atoms with Gasteiger partial charge >= 0.3 is 0 Å². The average Bonchev–Trinajstić information content (AvgIpc) is 2.96. The summed E-state index contributed by atoms with van der Waals surface area (Å²) in [5.74, 6) is 0.939. The number of methoxy groups -OCH3 is 1. The second kappa shape index (κ2) is 7.27. The van der Waals surface area contributed by atoms with Crippen LogP contribution < -0.4 is 10.5 Å². The van der Waals surface area contributed by atoms with Crippen molar-refractivity contribution in [2.24, 2.45) is 5.73 Å². The molecule has 1 heterocycles. The van der Waals surface area contributed by atoms with Gasteiger partial charge in [-0.15, -0.1) is 0 Å². The second-order valence-electron chi connectivity index (χ2n) is 5.54. The van der Waals surface area contributed by atoms with Crippen LogP contribution in [0.15, 0.2) is 35.9 Å². The number of ether oxygens (including phenoxy) is 1. The Bertz CT molecular complexity index is 525. The number of nitrogens with zero attached hydrogens (tertiary/aromatic N) is 1. The van der Waals surface area contributed by atoms with Gasteiger partial charge in [-0.05, 0) is 37.8 Å². The van der Waals surface area contributed by atoms with Crippen LogP contribution in [0.4, 0.5) is 0 Å². The minimum atomic E-state index is 0.0790. The number of likely N-dealkylation sites (tertiary alicyclic amines) is 1. The lowest BCUT2D eigenvalue weighted by Crippen LogP contribution is -2.39. The SMILES string of the molecule is COc1ccccc1CC(C)=CC(=O)N1CCCC1CN. The number of benzene rings is 1. The monoisotopic (exact) mass is 288 g/mol. The first kappa shape index (κ1) is 15.6. The zero-order valence-electron chi connectivity index (χ0n) is 12.8. The molecule has 1 fully saturated rings. The van der Waals surface area contributed by atoms with Crippen molar-refractivity contribution in [1.82, 2.24) is 4.90 Å². The molecular formula is C17H24N2O2. The number of hydrogen-bond donors (Lipinski definition) is 1. The van der Waals surface area contributed by atoms with E-state index < -0.39 is 0 Å². The predicted octanol–water partition coefficient (Wildman–Crippen LogP) is 2.13. The number of hydrogen-bond acceptors (Lipinski definition) is 3. The lowest BCUT2D eigenvalue weighted by atomic mass is 10.0. The molecule has 1 amide bonds. The largest absolute Gasteiger partial charge is 0.496 e. The fourth-order valence-electron chi connectivity index (χ4n) is 2.87. The van der Waals surface area contributed by atoms with Crippen LogP contribution in [-0.2, 0) is 11.2 Å². The highest BCUT2D eigenvalue weighted by Gasteiger charge is 2.26. The van der Waals surface area contributed by atoms with Crippen molar-refractivity contribution in [3.05, 3.63) is 41.5 Å². The Morgan fingerprint density at radius 3 is 2.95 bits per heavy atom. The molecule has 2 N–H and O–H groups in total. The molecule has 1 aromatic carbocycles. The summed E-state index contributed by atoms with van der Waals surface area (Å²) < 4.78 is 5.35. The summed E-state index contributed by atoms with van der Waals surface area (Å²) in [6, 6.07) is 8.10. The van der Waals surface area contributed by atoms with Crippen molar-refractivity contribution >= 4 is 5.91 Å². The van der Waals surface area contributed by atoms with E-state index in [1.54, 1.807) is 13.2 Å². The highest BCUT2D eigenvalue weighted by molar-refractivity contribution is 5.88. The van der Waals surface area contributed by atoms with E-state index in [9.17, 15) is 4.79 Å². The summed E-state index contributed by atoms with van der Waals surface area (Å²) in [5.41, 5.74) is 7.85. The Labute approximate surface area is 126 Å². The van der Waals surface area contributed by atoms with Gasteiger partial charge in [0.15, 0.2) is 0 Å². The van der Waals surface area contributed by atoms with E-state index in [0.29, 0.717) is 6.54 Å². The molecule has 1 aliphatic rings. The predicted molar refractivity (Wildman–Crippen MR) is 84.2 cm³/mol. The van der Waals surface area contributed by atoms with Crippen molar-refractivity contribution in [3.63, 3.8) is 0 Å². The maximum atomic E-state index is 12.3. The van der Waals surface area contributed by atoms with Crippen LogP contribution >= 0.6 is 0 Å². The van der Waals surface area contributed by atoms with Crippen molar-refractivity contribution in [1.29, 1.82) is 0 Å². The number of rotatable bonds is 5. The summed E-state index contributed by atoms with van der Waals surface area (Å²) in [7, 11) is 1.67. The molecule has 1 aliphatic heterocycles. The van der Waals surface area contributed by atoms with Gasteiger partial charge in [-0.2, -0.15) is 0 Å². The Morgan fingerprint density at radius 1 is 1.48 bits per heavy atom. The molecule has 0 aromatic heterocycles. The van der Waals surface area contributed by atoms with Crippen LogP contribution in [0.1, 0.15) is 25.3 Å². The third kappa shape index (κ3) is 3.85. The molecule has 0 saturated carbocycles. The summed E-state index contributed by atoms with van der Waals surface area (Å²) in [4.78, 5) is 14.2. The number of nitrogens with two attached hydrogens (primary N) is 1. The minimum Gasteiger partial charge on any atom is -0.496 e. The first-order valence-corrected chi connectivity index (χ1v) is 7.45. The van der Waals surface area contributed by atoms with Gasteiger partial charge in [0, 0.05) is 25.2 Å². The number of amides is 1. The van der Waals surface area contributed by atoms with Crippen LogP contribution in [0.25, 0.3) is 0 Å². The lowest BCUT2D eigenvalue weighted by molar-refractivity contribution is -0.126. The number of para-hydroxylation sites is 1. The topological polar surface area (TPSA) is 55.6 Å². The van der Waals surface area contributed by atoms with Gasteiger partial charge in [-0.3, -0.25) is 4.79 Å². The number of carbonyl (C=O) groups is 1. The molecule has 4 nitrogen and oxygen atoms in total. The molecule has 1 saturated heterocycles. The summed E-state index contributed by atoms with van der Waals surface area (Å²) in [6.45, 7) is 3.35. The van der Waals surface area contributed by atoms with E-state index in [-0.39, 0.29) is 11.9 Å². The molecule has 0 spiro atoms. The van der Waals surface area contributed by atoms with Gasteiger partial charge in [0.25, 0.3) is 0 Å². The highest BCUT2D eigenvalue weighted by Crippen LogP contribution is 2.21. The molecular weight excluding hydrogens is 264 g/mol. The Hall–Kier alpha value is -1.81. The average molecular weight is 288 g/mol. The standard InChI is InChI=1S/C17H24N2O2/c1-13(10-14-6-3-4-8-16(14)21-2)11-17(20)19-9-5-7-15(19)12-18/h3-4,6,8,11,15H,5,7,9-10,12,18H2,1-2H3. The Kier molecular flexibility index (Phi) is 5.39. The van der Waals surface area contributed by atoms with Crippen molar-refractivity contribution in [3.8, 4) is 5.75 Å². The van der Waals surface area contributed by atoms with Crippen LogP contribution in [0.5, 0.6) is 5.75 Å². The zero-order valence-corrected chi connectivity index (χ0v) is 12.8. The van der Waals surface area contributed by atoms with Crippen LogP contribution in [0.2, 0.25) is 0 Å². The smallest absolute Gasteiger partial charge is 0.246 e. The molecule has 0 aliphatic carbocycles. The third-order valence-corrected chi connectivity index (χ3v) is 3.96. The molecule has 114 valence electrons. The first-order valence-electron chi connectivity index (χ1n) is 7.45.